The lowest BCUT2D eigenvalue weighted by molar-refractivity contribution is 0.480. The van der Waals surface area contributed by atoms with E-state index < -0.39 is 0 Å². The summed E-state index contributed by atoms with van der Waals surface area (Å²) in [6.45, 7) is 4.01. The molecule has 2 heterocycles. The van der Waals surface area contributed by atoms with E-state index in [0.29, 0.717) is 17.3 Å². The molecule has 4 heteroatoms. The maximum absolute atomic E-state index is 5.40. The maximum Gasteiger partial charge on any atom is 0.198 e. The van der Waals surface area contributed by atoms with Crippen molar-refractivity contribution in [1.29, 1.82) is 0 Å². The lowest BCUT2D eigenvalue weighted by Crippen LogP contribution is -1.84. The zero-order chi connectivity index (χ0) is 9.26. The molecule has 0 aliphatic heterocycles. The van der Waals surface area contributed by atoms with Crippen LogP contribution in [0.1, 0.15) is 25.7 Å². The first-order chi connectivity index (χ1) is 6.27. The standard InChI is InChI=1S/C9H9N2O2/c1-6(2)9-10-3-8(13-9)7-4-12-5-11-7/h4-6H,1-2H3. The van der Waals surface area contributed by atoms with Crippen molar-refractivity contribution in [2.24, 2.45) is 0 Å². The minimum absolute atomic E-state index is 0.261. The molecule has 0 aromatic carbocycles. The SMILES string of the molecule is CC(C)c1n[c]c(-c2cocn2)o1. The third kappa shape index (κ3) is 1.47. The van der Waals surface area contributed by atoms with Gasteiger partial charge in [0.2, 0.25) is 0 Å². The molecule has 4 nitrogen and oxygen atoms in total. The fraction of sp³-hybridized carbons (Fsp3) is 0.333. The predicted octanol–water partition coefficient (Wildman–Crippen LogP) is 2.25. The summed E-state index contributed by atoms with van der Waals surface area (Å²) < 4.78 is 10.2. The highest BCUT2D eigenvalue weighted by molar-refractivity contribution is 5.47. The highest BCUT2D eigenvalue weighted by Gasteiger charge is 2.11. The lowest BCUT2D eigenvalue weighted by Gasteiger charge is -1.94. The van der Waals surface area contributed by atoms with Crippen molar-refractivity contribution in [2.45, 2.75) is 19.8 Å². The maximum atomic E-state index is 5.40. The molecule has 0 bridgehead atoms. The average molecular weight is 177 g/mol. The van der Waals surface area contributed by atoms with Gasteiger partial charge in [0.1, 0.15) is 18.2 Å². The summed E-state index contributed by atoms with van der Waals surface area (Å²) in [5.74, 6) is 1.45. The molecule has 0 atom stereocenters. The van der Waals surface area contributed by atoms with Crippen molar-refractivity contribution in [3.63, 3.8) is 0 Å². The molecule has 0 amide bonds. The van der Waals surface area contributed by atoms with E-state index in [1.54, 1.807) is 0 Å². The number of hydrogen-bond acceptors (Lipinski definition) is 4. The van der Waals surface area contributed by atoms with Crippen LogP contribution in [0.15, 0.2) is 21.5 Å². The first-order valence-corrected chi connectivity index (χ1v) is 4.04. The molecule has 13 heavy (non-hydrogen) atoms. The highest BCUT2D eigenvalue weighted by atomic mass is 16.4. The normalized spacial score (nSPS) is 11.0. The summed E-state index contributed by atoms with van der Waals surface area (Å²) in [4.78, 5) is 7.93. The van der Waals surface area contributed by atoms with Crippen LogP contribution in [0, 0.1) is 6.20 Å². The Morgan fingerprint density at radius 1 is 1.46 bits per heavy atom. The van der Waals surface area contributed by atoms with Gasteiger partial charge in [0, 0.05) is 5.92 Å². The van der Waals surface area contributed by atoms with Crippen LogP contribution in [-0.2, 0) is 0 Å². The van der Waals surface area contributed by atoms with Crippen LogP contribution in [0.4, 0.5) is 0 Å². The van der Waals surface area contributed by atoms with Gasteiger partial charge in [-0.3, -0.25) is 0 Å². The van der Waals surface area contributed by atoms with Gasteiger partial charge >= 0.3 is 0 Å². The van der Waals surface area contributed by atoms with Crippen LogP contribution in [0.25, 0.3) is 11.5 Å². The minimum atomic E-state index is 0.261. The largest absolute Gasteiger partial charge is 0.451 e. The number of rotatable bonds is 2. The van der Waals surface area contributed by atoms with E-state index in [4.69, 9.17) is 8.83 Å². The summed E-state index contributed by atoms with van der Waals surface area (Å²) in [7, 11) is 0. The van der Waals surface area contributed by atoms with E-state index in [1.807, 2.05) is 13.8 Å². The number of aromatic nitrogens is 2. The molecule has 2 aromatic rings. The summed E-state index contributed by atoms with van der Waals surface area (Å²) in [5.41, 5.74) is 0.624. The van der Waals surface area contributed by atoms with Gasteiger partial charge in [-0.05, 0) is 0 Å². The summed E-state index contributed by atoms with van der Waals surface area (Å²) in [6.07, 6.45) is 5.60. The van der Waals surface area contributed by atoms with Crippen LogP contribution in [0.5, 0.6) is 0 Å². The van der Waals surface area contributed by atoms with E-state index in [9.17, 15) is 0 Å². The Bertz CT molecular complexity index is 376. The van der Waals surface area contributed by atoms with Gasteiger partial charge in [-0.2, -0.15) is 0 Å². The van der Waals surface area contributed by atoms with Crippen molar-refractivity contribution < 1.29 is 8.83 Å². The topological polar surface area (TPSA) is 52.1 Å². The molecule has 0 saturated carbocycles. The first kappa shape index (κ1) is 8.04. The van der Waals surface area contributed by atoms with E-state index in [-0.39, 0.29) is 5.92 Å². The monoisotopic (exact) mass is 177 g/mol. The number of hydrogen-bond donors (Lipinski definition) is 0. The smallest absolute Gasteiger partial charge is 0.198 e. The Labute approximate surface area is 75.6 Å². The van der Waals surface area contributed by atoms with Gasteiger partial charge in [-0.15, -0.1) is 0 Å². The Kier molecular flexibility index (Phi) is 1.88. The first-order valence-electron chi connectivity index (χ1n) is 4.04. The third-order valence-electron chi connectivity index (χ3n) is 1.63. The van der Waals surface area contributed by atoms with Crippen LogP contribution in [0.2, 0.25) is 0 Å². The molecular weight excluding hydrogens is 168 g/mol. The molecule has 0 spiro atoms. The molecule has 0 N–H and O–H groups in total. The summed E-state index contributed by atoms with van der Waals surface area (Å²) in [5, 5.41) is 0. The van der Waals surface area contributed by atoms with Crippen molar-refractivity contribution in [1.82, 2.24) is 9.97 Å². The van der Waals surface area contributed by atoms with E-state index >= 15 is 0 Å². The van der Waals surface area contributed by atoms with Crippen LogP contribution in [-0.4, -0.2) is 9.97 Å². The van der Waals surface area contributed by atoms with Gasteiger partial charge in [0.05, 0.1) is 0 Å². The molecule has 0 saturated heterocycles. The molecule has 2 rings (SSSR count). The second-order valence-corrected chi connectivity index (χ2v) is 3.02. The van der Waals surface area contributed by atoms with Crippen molar-refractivity contribution >= 4 is 0 Å². The predicted molar refractivity (Wildman–Crippen MR) is 44.9 cm³/mol. The molecule has 1 radical (unpaired) electrons. The fourth-order valence-electron chi connectivity index (χ4n) is 0.937. The van der Waals surface area contributed by atoms with E-state index in [2.05, 4.69) is 16.2 Å². The zero-order valence-corrected chi connectivity index (χ0v) is 7.44. The zero-order valence-electron chi connectivity index (χ0n) is 7.44. The second-order valence-electron chi connectivity index (χ2n) is 3.02. The van der Waals surface area contributed by atoms with Crippen molar-refractivity contribution in [2.75, 3.05) is 0 Å². The Balaban J connectivity index is 2.33. The second kappa shape index (κ2) is 3.05. The van der Waals surface area contributed by atoms with E-state index in [0.717, 1.165) is 0 Å². The van der Waals surface area contributed by atoms with Crippen molar-refractivity contribution in [3.05, 3.63) is 24.7 Å². The molecule has 2 aromatic heterocycles. The Hall–Kier alpha value is -1.58. The van der Waals surface area contributed by atoms with Crippen LogP contribution >= 0.6 is 0 Å². The molecular formula is C9H9N2O2. The van der Waals surface area contributed by atoms with Crippen molar-refractivity contribution in [3.8, 4) is 11.5 Å². The molecule has 0 fully saturated rings. The van der Waals surface area contributed by atoms with Gasteiger partial charge < -0.3 is 8.83 Å². The van der Waals surface area contributed by atoms with Gasteiger partial charge in [-0.1, -0.05) is 13.8 Å². The number of oxazole rings is 2. The molecule has 0 unspecified atom stereocenters. The minimum Gasteiger partial charge on any atom is -0.451 e. The molecule has 0 aliphatic rings. The summed E-state index contributed by atoms with van der Waals surface area (Å²) in [6, 6.07) is 0. The Morgan fingerprint density at radius 3 is 2.85 bits per heavy atom. The Morgan fingerprint density at radius 2 is 2.31 bits per heavy atom. The average Bonchev–Trinajstić information content (AvgIpc) is 2.75. The van der Waals surface area contributed by atoms with Gasteiger partial charge in [0.25, 0.3) is 0 Å². The quantitative estimate of drug-likeness (QED) is 0.705. The fourth-order valence-corrected chi connectivity index (χ4v) is 0.937. The number of nitrogens with zero attached hydrogens (tertiary/aromatic N) is 2. The summed E-state index contributed by atoms with van der Waals surface area (Å²) >= 11 is 0. The molecule has 0 aliphatic carbocycles. The molecule has 67 valence electrons. The van der Waals surface area contributed by atoms with Crippen LogP contribution in [0.3, 0.4) is 0 Å². The van der Waals surface area contributed by atoms with E-state index in [1.165, 1.54) is 12.7 Å². The third-order valence-corrected chi connectivity index (χ3v) is 1.63. The van der Waals surface area contributed by atoms with Gasteiger partial charge in [-0.25, -0.2) is 9.97 Å². The highest BCUT2D eigenvalue weighted by Crippen LogP contribution is 2.21. The van der Waals surface area contributed by atoms with Crippen LogP contribution < -0.4 is 0 Å². The lowest BCUT2D eigenvalue weighted by atomic mass is 10.2. The van der Waals surface area contributed by atoms with Gasteiger partial charge in [0.15, 0.2) is 18.0 Å².